The third-order valence-corrected chi connectivity index (χ3v) is 4.23. The maximum Gasteiger partial charge on any atom is 0.304 e. The van der Waals surface area contributed by atoms with Gasteiger partial charge in [-0.3, -0.25) is 9.69 Å². The molecule has 1 fully saturated rings. The van der Waals surface area contributed by atoms with E-state index in [9.17, 15) is 4.79 Å². The Balaban J connectivity index is 1.98. The lowest BCUT2D eigenvalue weighted by Crippen LogP contribution is -2.41. The molecule has 1 atom stereocenters. The molecule has 94 valence electrons. The van der Waals surface area contributed by atoms with Crippen LogP contribution in [0.2, 0.25) is 0 Å². The zero-order valence-corrected chi connectivity index (χ0v) is 10.8. The van der Waals surface area contributed by atoms with Gasteiger partial charge >= 0.3 is 5.97 Å². The van der Waals surface area contributed by atoms with Gasteiger partial charge < -0.3 is 5.11 Å². The number of piperidine rings is 1. The molecule has 4 heteroatoms. The predicted octanol–water partition coefficient (Wildman–Crippen LogP) is 2.62. The van der Waals surface area contributed by atoms with E-state index in [0.717, 1.165) is 19.5 Å². The van der Waals surface area contributed by atoms with Crippen molar-refractivity contribution in [2.45, 2.75) is 38.1 Å². The minimum atomic E-state index is -0.683. The Kier molecular flexibility index (Phi) is 4.57. The molecule has 3 nitrogen and oxygen atoms in total. The SMILES string of the molecule is O=C(O)CC(Cc1cccs1)N1CCCCC1. The van der Waals surface area contributed by atoms with Crippen molar-refractivity contribution in [3.05, 3.63) is 22.4 Å². The summed E-state index contributed by atoms with van der Waals surface area (Å²) in [6.07, 6.45) is 4.85. The van der Waals surface area contributed by atoms with Crippen molar-refractivity contribution < 1.29 is 9.90 Å². The molecule has 1 aliphatic heterocycles. The number of aliphatic carboxylic acids is 1. The van der Waals surface area contributed by atoms with Gasteiger partial charge in [0.15, 0.2) is 0 Å². The monoisotopic (exact) mass is 253 g/mol. The first-order chi connectivity index (χ1) is 8.25. The van der Waals surface area contributed by atoms with Gasteiger partial charge in [0.1, 0.15) is 0 Å². The van der Waals surface area contributed by atoms with E-state index >= 15 is 0 Å². The zero-order chi connectivity index (χ0) is 12.1. The lowest BCUT2D eigenvalue weighted by atomic mass is 10.0. The number of thiophene rings is 1. The van der Waals surface area contributed by atoms with E-state index in [1.807, 2.05) is 6.07 Å². The maximum absolute atomic E-state index is 11.0. The van der Waals surface area contributed by atoms with Crippen LogP contribution >= 0.6 is 11.3 Å². The van der Waals surface area contributed by atoms with E-state index in [1.54, 1.807) is 11.3 Å². The van der Waals surface area contributed by atoms with Gasteiger partial charge in [0.2, 0.25) is 0 Å². The van der Waals surface area contributed by atoms with Crippen LogP contribution in [-0.4, -0.2) is 35.1 Å². The van der Waals surface area contributed by atoms with Crippen molar-refractivity contribution in [2.24, 2.45) is 0 Å². The fourth-order valence-electron chi connectivity index (χ4n) is 2.48. The van der Waals surface area contributed by atoms with E-state index in [-0.39, 0.29) is 12.5 Å². The predicted molar refractivity (Wildman–Crippen MR) is 69.5 cm³/mol. The zero-order valence-electron chi connectivity index (χ0n) is 9.97. The first-order valence-corrected chi connectivity index (χ1v) is 7.12. The first kappa shape index (κ1) is 12.6. The Morgan fingerprint density at radius 2 is 2.18 bits per heavy atom. The van der Waals surface area contributed by atoms with Crippen LogP contribution in [0, 0.1) is 0 Å². The molecule has 0 radical (unpaired) electrons. The molecule has 1 aromatic rings. The fourth-order valence-corrected chi connectivity index (χ4v) is 3.25. The number of likely N-dealkylation sites (tertiary alicyclic amines) is 1. The number of hydrogen-bond acceptors (Lipinski definition) is 3. The lowest BCUT2D eigenvalue weighted by Gasteiger charge is -2.33. The van der Waals surface area contributed by atoms with Crippen molar-refractivity contribution in [1.82, 2.24) is 4.90 Å². The van der Waals surface area contributed by atoms with Gasteiger partial charge in [-0.1, -0.05) is 12.5 Å². The molecule has 1 saturated heterocycles. The molecule has 1 aliphatic rings. The second kappa shape index (κ2) is 6.17. The van der Waals surface area contributed by atoms with Crippen LogP contribution < -0.4 is 0 Å². The summed E-state index contributed by atoms with van der Waals surface area (Å²) in [4.78, 5) is 14.6. The minimum absolute atomic E-state index is 0.173. The van der Waals surface area contributed by atoms with Crippen LogP contribution in [0.5, 0.6) is 0 Å². The Hall–Kier alpha value is -0.870. The summed E-state index contributed by atoms with van der Waals surface area (Å²) >= 11 is 1.72. The molecule has 2 heterocycles. The van der Waals surface area contributed by atoms with Crippen molar-refractivity contribution in [2.75, 3.05) is 13.1 Å². The molecule has 2 rings (SSSR count). The topological polar surface area (TPSA) is 40.5 Å². The third kappa shape index (κ3) is 3.82. The Morgan fingerprint density at radius 1 is 1.41 bits per heavy atom. The molecule has 1 unspecified atom stereocenters. The summed E-state index contributed by atoms with van der Waals surface area (Å²) in [5.41, 5.74) is 0. The Labute approximate surface area is 106 Å². The highest BCUT2D eigenvalue weighted by Gasteiger charge is 2.23. The average molecular weight is 253 g/mol. The summed E-state index contributed by atoms with van der Waals surface area (Å²) in [6, 6.07) is 4.31. The molecular formula is C13H19NO2S. The first-order valence-electron chi connectivity index (χ1n) is 6.24. The number of carboxylic acids is 1. The van der Waals surface area contributed by atoms with E-state index in [2.05, 4.69) is 16.3 Å². The van der Waals surface area contributed by atoms with Gasteiger partial charge in [0.05, 0.1) is 6.42 Å². The van der Waals surface area contributed by atoms with Gasteiger partial charge in [-0.05, 0) is 43.8 Å². The number of hydrogen-bond donors (Lipinski definition) is 1. The molecule has 1 N–H and O–H groups in total. The smallest absolute Gasteiger partial charge is 0.304 e. The normalized spacial score (nSPS) is 19.1. The van der Waals surface area contributed by atoms with Crippen molar-refractivity contribution in [3.63, 3.8) is 0 Å². The molecule has 17 heavy (non-hydrogen) atoms. The Bertz CT molecular complexity index is 344. The number of nitrogens with zero attached hydrogens (tertiary/aromatic N) is 1. The van der Waals surface area contributed by atoms with Gasteiger partial charge in [-0.15, -0.1) is 11.3 Å². The Morgan fingerprint density at radius 3 is 2.76 bits per heavy atom. The second-order valence-corrected chi connectivity index (χ2v) is 5.66. The maximum atomic E-state index is 11.0. The molecule has 0 amide bonds. The van der Waals surface area contributed by atoms with Gasteiger partial charge in [0.25, 0.3) is 0 Å². The van der Waals surface area contributed by atoms with E-state index in [0.29, 0.717) is 0 Å². The standard InChI is InChI=1S/C13H19NO2S/c15-13(16)10-11(9-12-5-4-8-17-12)14-6-2-1-3-7-14/h4-5,8,11H,1-3,6-7,9-10H2,(H,15,16). The van der Waals surface area contributed by atoms with Gasteiger partial charge in [-0.25, -0.2) is 0 Å². The molecule has 0 spiro atoms. The summed E-state index contributed by atoms with van der Waals surface area (Å²) in [7, 11) is 0. The average Bonchev–Trinajstić information content (AvgIpc) is 2.82. The molecule has 0 aromatic carbocycles. The third-order valence-electron chi connectivity index (χ3n) is 3.33. The number of rotatable bonds is 5. The van der Waals surface area contributed by atoms with Crippen LogP contribution in [0.4, 0.5) is 0 Å². The van der Waals surface area contributed by atoms with E-state index in [4.69, 9.17) is 5.11 Å². The number of carbonyl (C=O) groups is 1. The highest BCUT2D eigenvalue weighted by molar-refractivity contribution is 7.09. The fraction of sp³-hybridized carbons (Fsp3) is 0.615. The van der Waals surface area contributed by atoms with Crippen LogP contribution in [-0.2, 0) is 11.2 Å². The summed E-state index contributed by atoms with van der Waals surface area (Å²) in [5.74, 6) is -0.683. The van der Waals surface area contributed by atoms with E-state index < -0.39 is 5.97 Å². The molecule has 0 bridgehead atoms. The van der Waals surface area contributed by atoms with Crippen LogP contribution in [0.25, 0.3) is 0 Å². The molecule has 0 aliphatic carbocycles. The van der Waals surface area contributed by atoms with Crippen LogP contribution in [0.3, 0.4) is 0 Å². The minimum Gasteiger partial charge on any atom is -0.481 e. The van der Waals surface area contributed by atoms with E-state index in [1.165, 1.54) is 24.1 Å². The van der Waals surface area contributed by atoms with Crippen molar-refractivity contribution in [3.8, 4) is 0 Å². The molecule has 1 aromatic heterocycles. The lowest BCUT2D eigenvalue weighted by molar-refractivity contribution is -0.138. The van der Waals surface area contributed by atoms with Gasteiger partial charge in [0, 0.05) is 10.9 Å². The van der Waals surface area contributed by atoms with Gasteiger partial charge in [-0.2, -0.15) is 0 Å². The summed E-state index contributed by atoms with van der Waals surface area (Å²) in [5, 5.41) is 11.1. The summed E-state index contributed by atoms with van der Waals surface area (Å²) < 4.78 is 0. The second-order valence-electron chi connectivity index (χ2n) is 4.63. The molecular weight excluding hydrogens is 234 g/mol. The van der Waals surface area contributed by atoms with Crippen LogP contribution in [0.15, 0.2) is 17.5 Å². The molecule has 0 saturated carbocycles. The highest BCUT2D eigenvalue weighted by Crippen LogP contribution is 2.20. The quantitative estimate of drug-likeness (QED) is 0.877. The van der Waals surface area contributed by atoms with Crippen molar-refractivity contribution in [1.29, 1.82) is 0 Å². The largest absolute Gasteiger partial charge is 0.481 e. The number of carboxylic acid groups (broad SMARTS) is 1. The van der Waals surface area contributed by atoms with Crippen molar-refractivity contribution >= 4 is 17.3 Å². The summed E-state index contributed by atoms with van der Waals surface area (Å²) in [6.45, 7) is 2.12. The van der Waals surface area contributed by atoms with Crippen LogP contribution in [0.1, 0.15) is 30.6 Å². The highest BCUT2D eigenvalue weighted by atomic mass is 32.1.